The van der Waals surface area contributed by atoms with Crippen molar-refractivity contribution in [3.63, 3.8) is 0 Å². The summed E-state index contributed by atoms with van der Waals surface area (Å²) in [7, 11) is 0. The summed E-state index contributed by atoms with van der Waals surface area (Å²) in [4.78, 5) is 26.6. The predicted molar refractivity (Wildman–Crippen MR) is 137 cm³/mol. The quantitative estimate of drug-likeness (QED) is 0.360. The standard InChI is InChI=1S/C28H22BrN3O4/c29-17-9-11-18(12-10-17)32-25-13-14-31(15-23(25)26(30-32)27(33)34)28(35)36-16-24-21-7-3-1-5-19(21)20-6-2-4-8-22(20)24/h1-12,24H,13-16H2,(H,33,34). The number of ether oxygens (including phenoxy) is 1. The van der Waals surface area contributed by atoms with Gasteiger partial charge in [-0.05, 0) is 46.5 Å². The lowest BCUT2D eigenvalue weighted by atomic mass is 9.98. The number of nitrogens with zero attached hydrogens (tertiary/aromatic N) is 3. The van der Waals surface area contributed by atoms with Crippen LogP contribution in [0.4, 0.5) is 4.79 Å². The van der Waals surface area contributed by atoms with Crippen LogP contribution >= 0.6 is 15.9 Å². The molecule has 6 rings (SSSR count). The number of hydrogen-bond acceptors (Lipinski definition) is 4. The maximum atomic E-state index is 13.1. The second kappa shape index (κ2) is 8.95. The van der Waals surface area contributed by atoms with E-state index in [4.69, 9.17) is 4.74 Å². The molecule has 2 aliphatic rings. The highest BCUT2D eigenvalue weighted by Gasteiger charge is 2.33. The number of rotatable bonds is 4. The molecule has 0 fully saturated rings. The molecule has 1 amide bonds. The highest BCUT2D eigenvalue weighted by Crippen LogP contribution is 2.44. The van der Waals surface area contributed by atoms with Crippen molar-refractivity contribution in [3.8, 4) is 16.8 Å². The van der Waals surface area contributed by atoms with E-state index in [0.29, 0.717) is 18.5 Å². The molecule has 3 aromatic carbocycles. The van der Waals surface area contributed by atoms with E-state index in [9.17, 15) is 14.7 Å². The van der Waals surface area contributed by atoms with Gasteiger partial charge in [-0.1, -0.05) is 64.5 Å². The Hall–Kier alpha value is -3.91. The minimum atomic E-state index is -1.11. The summed E-state index contributed by atoms with van der Waals surface area (Å²) < 4.78 is 8.40. The second-order valence-corrected chi connectivity index (χ2v) is 9.86. The van der Waals surface area contributed by atoms with Crippen LogP contribution in [0.1, 0.15) is 38.8 Å². The van der Waals surface area contributed by atoms with Crippen molar-refractivity contribution in [2.75, 3.05) is 13.2 Å². The number of hydrogen-bond donors (Lipinski definition) is 1. The van der Waals surface area contributed by atoms with E-state index in [0.717, 1.165) is 27.0 Å². The van der Waals surface area contributed by atoms with Crippen molar-refractivity contribution in [2.24, 2.45) is 0 Å². The molecule has 0 spiro atoms. The number of carboxylic acid groups (broad SMARTS) is 1. The first kappa shape index (κ1) is 22.5. The molecular weight excluding hydrogens is 522 g/mol. The highest BCUT2D eigenvalue weighted by atomic mass is 79.9. The van der Waals surface area contributed by atoms with Gasteiger partial charge in [0.25, 0.3) is 0 Å². The topological polar surface area (TPSA) is 84.7 Å². The Labute approximate surface area is 216 Å². The van der Waals surface area contributed by atoms with Gasteiger partial charge in [-0.3, -0.25) is 0 Å². The predicted octanol–water partition coefficient (Wildman–Crippen LogP) is 5.64. The minimum Gasteiger partial charge on any atom is -0.476 e. The van der Waals surface area contributed by atoms with Crippen LogP contribution in [0.25, 0.3) is 16.8 Å². The zero-order valence-electron chi connectivity index (χ0n) is 19.2. The van der Waals surface area contributed by atoms with Gasteiger partial charge in [-0.15, -0.1) is 0 Å². The third-order valence-electron chi connectivity index (χ3n) is 6.93. The third kappa shape index (κ3) is 3.78. The molecule has 4 aromatic rings. The largest absolute Gasteiger partial charge is 0.476 e. The number of aromatic nitrogens is 2. The molecule has 0 bridgehead atoms. The van der Waals surface area contributed by atoms with Crippen LogP contribution in [0.3, 0.4) is 0 Å². The average Bonchev–Trinajstić information content (AvgIpc) is 3.44. The molecule has 0 unspecified atom stereocenters. The minimum absolute atomic E-state index is 0.0311. The summed E-state index contributed by atoms with van der Waals surface area (Å²) in [6.07, 6.45) is 0.0332. The van der Waals surface area contributed by atoms with Gasteiger partial charge in [0.2, 0.25) is 0 Å². The molecule has 7 nitrogen and oxygen atoms in total. The molecule has 1 aliphatic heterocycles. The number of fused-ring (bicyclic) bond motifs is 4. The lowest BCUT2D eigenvalue weighted by Crippen LogP contribution is -2.37. The molecule has 1 aliphatic carbocycles. The van der Waals surface area contributed by atoms with E-state index in [1.807, 2.05) is 48.5 Å². The Morgan fingerprint density at radius 3 is 2.25 bits per heavy atom. The van der Waals surface area contributed by atoms with Gasteiger partial charge in [0.05, 0.1) is 17.9 Å². The van der Waals surface area contributed by atoms with Crippen LogP contribution in [-0.2, 0) is 17.7 Å². The number of carbonyl (C=O) groups is 2. The van der Waals surface area contributed by atoms with Crippen LogP contribution in [0.2, 0.25) is 0 Å². The molecule has 8 heteroatoms. The Morgan fingerprint density at radius 2 is 1.61 bits per heavy atom. The van der Waals surface area contributed by atoms with Gasteiger partial charge >= 0.3 is 12.1 Å². The molecule has 0 radical (unpaired) electrons. The van der Waals surface area contributed by atoms with Crippen LogP contribution in [0.15, 0.2) is 77.3 Å². The molecule has 180 valence electrons. The first-order valence-corrected chi connectivity index (χ1v) is 12.5. The van der Waals surface area contributed by atoms with Crippen LogP contribution < -0.4 is 0 Å². The summed E-state index contributed by atoms with van der Waals surface area (Å²) >= 11 is 3.42. The van der Waals surface area contributed by atoms with E-state index in [2.05, 4.69) is 45.3 Å². The summed E-state index contributed by atoms with van der Waals surface area (Å²) in [5, 5.41) is 14.2. The fraction of sp³-hybridized carbons (Fsp3) is 0.179. The Kier molecular flexibility index (Phi) is 5.60. The third-order valence-corrected chi connectivity index (χ3v) is 7.45. The molecule has 1 aromatic heterocycles. The highest BCUT2D eigenvalue weighted by molar-refractivity contribution is 9.10. The van der Waals surface area contributed by atoms with Gasteiger partial charge < -0.3 is 14.7 Å². The van der Waals surface area contributed by atoms with E-state index in [-0.39, 0.29) is 24.8 Å². The number of amides is 1. The average molecular weight is 544 g/mol. The van der Waals surface area contributed by atoms with Crippen LogP contribution in [0, 0.1) is 0 Å². The maximum Gasteiger partial charge on any atom is 0.410 e. The zero-order valence-corrected chi connectivity index (χ0v) is 20.8. The van der Waals surface area contributed by atoms with Crippen molar-refractivity contribution >= 4 is 28.0 Å². The van der Waals surface area contributed by atoms with Crippen molar-refractivity contribution in [1.82, 2.24) is 14.7 Å². The molecular formula is C28H22BrN3O4. The van der Waals surface area contributed by atoms with E-state index in [1.54, 1.807) is 9.58 Å². The van der Waals surface area contributed by atoms with Crippen LogP contribution in [0.5, 0.6) is 0 Å². The summed E-state index contributed by atoms with van der Waals surface area (Å²) in [6.45, 7) is 0.787. The normalized spacial score (nSPS) is 14.2. The summed E-state index contributed by atoms with van der Waals surface area (Å²) in [5.41, 5.74) is 6.72. The van der Waals surface area contributed by atoms with Crippen molar-refractivity contribution in [3.05, 3.63) is 105 Å². The van der Waals surface area contributed by atoms with Crippen molar-refractivity contribution in [2.45, 2.75) is 18.9 Å². The first-order chi connectivity index (χ1) is 17.5. The molecule has 0 saturated carbocycles. The summed E-state index contributed by atoms with van der Waals surface area (Å²) in [5.74, 6) is -1.15. The Balaban J connectivity index is 1.22. The lowest BCUT2D eigenvalue weighted by molar-refractivity contribution is 0.0683. The molecule has 2 heterocycles. The Bertz CT molecular complexity index is 1450. The fourth-order valence-electron chi connectivity index (χ4n) is 5.23. The Morgan fingerprint density at radius 1 is 0.972 bits per heavy atom. The van der Waals surface area contributed by atoms with Gasteiger partial charge in [-0.2, -0.15) is 5.10 Å². The summed E-state index contributed by atoms with van der Waals surface area (Å²) in [6, 6.07) is 23.9. The van der Waals surface area contributed by atoms with E-state index in [1.165, 1.54) is 11.1 Å². The van der Waals surface area contributed by atoms with Crippen molar-refractivity contribution < 1.29 is 19.4 Å². The second-order valence-electron chi connectivity index (χ2n) is 8.94. The maximum absolute atomic E-state index is 13.1. The van der Waals surface area contributed by atoms with E-state index < -0.39 is 12.1 Å². The number of aromatic carboxylic acids is 1. The first-order valence-electron chi connectivity index (χ1n) is 11.7. The molecule has 0 atom stereocenters. The van der Waals surface area contributed by atoms with Crippen LogP contribution in [-0.4, -0.2) is 45.0 Å². The number of halogens is 1. The van der Waals surface area contributed by atoms with Crippen molar-refractivity contribution in [1.29, 1.82) is 0 Å². The monoisotopic (exact) mass is 543 g/mol. The smallest absolute Gasteiger partial charge is 0.410 e. The van der Waals surface area contributed by atoms with Gasteiger partial charge in [0.15, 0.2) is 5.69 Å². The SMILES string of the molecule is O=C(O)c1nn(-c2ccc(Br)cc2)c2c1CN(C(=O)OCC1c3ccccc3-c3ccccc31)CC2. The zero-order chi connectivity index (χ0) is 24.8. The molecule has 0 saturated heterocycles. The van der Waals surface area contributed by atoms with Gasteiger partial charge in [0.1, 0.15) is 6.61 Å². The number of carboxylic acids is 1. The number of carbonyl (C=O) groups excluding carboxylic acids is 1. The fourth-order valence-corrected chi connectivity index (χ4v) is 5.49. The molecule has 36 heavy (non-hydrogen) atoms. The molecule has 1 N–H and O–H groups in total. The van der Waals surface area contributed by atoms with Gasteiger partial charge in [-0.25, -0.2) is 14.3 Å². The number of benzene rings is 3. The lowest BCUT2D eigenvalue weighted by Gasteiger charge is -2.27. The van der Waals surface area contributed by atoms with E-state index >= 15 is 0 Å². The van der Waals surface area contributed by atoms with Gasteiger partial charge in [0, 0.05) is 28.9 Å².